The molecule has 0 aliphatic carbocycles. The van der Waals surface area contributed by atoms with Gasteiger partial charge in [0, 0.05) is 12.8 Å². The minimum atomic E-state index is -1.42. The van der Waals surface area contributed by atoms with Gasteiger partial charge in [0.25, 0.3) is 0 Å². The Morgan fingerprint density at radius 1 is 0.935 bits per heavy atom. The van der Waals surface area contributed by atoms with Crippen LogP contribution in [0.3, 0.4) is 0 Å². The summed E-state index contributed by atoms with van der Waals surface area (Å²) in [5.41, 5.74) is 10.7. The molecule has 0 aliphatic heterocycles. The molecule has 13 heteroatoms. The standard InChI is InChI=1S/C18H31N5O8/c1-3-9(2)15(23-16(28)10(19)4-6-12(20)24)17(29)21-8-13(25)22-11(18(30)31)5-7-14(26)27/h9-11,15H,3-8,19H2,1-2H3,(H2,20,24)(H,21,29)(H,22,25)(H,23,28)(H,26,27)(H,30,31). The predicted octanol–water partition coefficient (Wildman–Crippen LogP) is -2.34. The molecule has 0 spiro atoms. The summed E-state index contributed by atoms with van der Waals surface area (Å²) in [7, 11) is 0. The molecule has 9 N–H and O–H groups in total. The monoisotopic (exact) mass is 445 g/mol. The lowest BCUT2D eigenvalue weighted by molar-refractivity contribution is -0.143. The van der Waals surface area contributed by atoms with Gasteiger partial charge >= 0.3 is 11.9 Å². The van der Waals surface area contributed by atoms with E-state index in [0.717, 1.165) is 0 Å². The van der Waals surface area contributed by atoms with Crippen LogP contribution in [-0.4, -0.2) is 70.5 Å². The second-order valence-electron chi connectivity index (χ2n) is 7.09. The van der Waals surface area contributed by atoms with Crippen LogP contribution in [0.1, 0.15) is 46.0 Å². The molecule has 0 aromatic rings. The van der Waals surface area contributed by atoms with E-state index in [1.165, 1.54) is 0 Å². The van der Waals surface area contributed by atoms with E-state index < -0.39 is 66.7 Å². The van der Waals surface area contributed by atoms with Crippen LogP contribution in [0.2, 0.25) is 0 Å². The van der Waals surface area contributed by atoms with Crippen molar-refractivity contribution in [2.75, 3.05) is 6.54 Å². The molecule has 31 heavy (non-hydrogen) atoms. The van der Waals surface area contributed by atoms with E-state index in [-0.39, 0.29) is 25.2 Å². The van der Waals surface area contributed by atoms with Crippen molar-refractivity contribution in [3.05, 3.63) is 0 Å². The quantitative estimate of drug-likeness (QED) is 0.143. The van der Waals surface area contributed by atoms with Gasteiger partial charge in [0.2, 0.25) is 23.6 Å². The van der Waals surface area contributed by atoms with E-state index >= 15 is 0 Å². The highest BCUT2D eigenvalue weighted by molar-refractivity contribution is 5.93. The number of nitrogens with one attached hydrogen (secondary N) is 3. The van der Waals surface area contributed by atoms with Crippen LogP contribution in [0, 0.1) is 5.92 Å². The van der Waals surface area contributed by atoms with Gasteiger partial charge in [0.1, 0.15) is 12.1 Å². The van der Waals surface area contributed by atoms with E-state index in [0.29, 0.717) is 6.42 Å². The minimum Gasteiger partial charge on any atom is -0.481 e. The molecule has 0 fully saturated rings. The predicted molar refractivity (Wildman–Crippen MR) is 107 cm³/mol. The number of aliphatic carboxylic acids is 2. The van der Waals surface area contributed by atoms with Crippen molar-refractivity contribution in [3.63, 3.8) is 0 Å². The molecule has 4 atom stereocenters. The average molecular weight is 445 g/mol. The summed E-state index contributed by atoms with van der Waals surface area (Å²) in [5.74, 6) is -5.74. The van der Waals surface area contributed by atoms with Crippen molar-refractivity contribution in [1.82, 2.24) is 16.0 Å². The Morgan fingerprint density at radius 2 is 1.55 bits per heavy atom. The van der Waals surface area contributed by atoms with Crippen molar-refractivity contribution < 1.29 is 39.0 Å². The normalized spacial score (nSPS) is 14.4. The number of rotatable bonds is 15. The van der Waals surface area contributed by atoms with Gasteiger partial charge in [-0.25, -0.2) is 4.79 Å². The van der Waals surface area contributed by atoms with E-state index in [1.807, 2.05) is 0 Å². The van der Waals surface area contributed by atoms with Gasteiger partial charge in [0.15, 0.2) is 0 Å². The summed E-state index contributed by atoms with van der Waals surface area (Å²) in [5, 5.41) is 24.6. The Kier molecular flexibility index (Phi) is 12.5. The molecular weight excluding hydrogens is 414 g/mol. The second-order valence-corrected chi connectivity index (χ2v) is 7.09. The zero-order valence-electron chi connectivity index (χ0n) is 17.6. The number of hydrogen-bond acceptors (Lipinski definition) is 7. The first kappa shape index (κ1) is 27.8. The van der Waals surface area contributed by atoms with Crippen LogP contribution in [-0.2, 0) is 28.8 Å². The first-order valence-electron chi connectivity index (χ1n) is 9.74. The number of carbonyl (C=O) groups is 6. The molecule has 0 aromatic heterocycles. The van der Waals surface area contributed by atoms with Gasteiger partial charge in [-0.2, -0.15) is 0 Å². The number of carboxylic acids is 2. The van der Waals surface area contributed by atoms with E-state index in [2.05, 4.69) is 16.0 Å². The van der Waals surface area contributed by atoms with Gasteiger partial charge in [-0.05, 0) is 18.8 Å². The number of hydrogen-bond donors (Lipinski definition) is 7. The summed E-state index contributed by atoms with van der Waals surface area (Å²) in [4.78, 5) is 69.2. The maximum atomic E-state index is 12.5. The molecule has 13 nitrogen and oxygen atoms in total. The molecule has 0 aliphatic rings. The fourth-order valence-corrected chi connectivity index (χ4v) is 2.44. The smallest absolute Gasteiger partial charge is 0.326 e. The Balaban J connectivity index is 4.88. The topological polar surface area (TPSA) is 231 Å². The molecule has 0 heterocycles. The average Bonchev–Trinajstić information content (AvgIpc) is 2.69. The fraction of sp³-hybridized carbons (Fsp3) is 0.667. The Labute approximate surface area is 179 Å². The zero-order chi connectivity index (χ0) is 24.1. The SMILES string of the molecule is CCC(C)C(NC(=O)C(N)CCC(N)=O)C(=O)NCC(=O)NC(CCC(=O)O)C(=O)O. The summed E-state index contributed by atoms with van der Waals surface area (Å²) < 4.78 is 0. The summed E-state index contributed by atoms with van der Waals surface area (Å²) in [6.45, 7) is 2.91. The Bertz CT molecular complexity index is 684. The number of carbonyl (C=O) groups excluding carboxylic acids is 4. The van der Waals surface area contributed by atoms with Crippen LogP contribution in [0.15, 0.2) is 0 Å². The molecule has 4 unspecified atom stereocenters. The van der Waals surface area contributed by atoms with E-state index in [9.17, 15) is 28.8 Å². The number of primary amides is 1. The zero-order valence-corrected chi connectivity index (χ0v) is 17.6. The number of nitrogens with two attached hydrogens (primary N) is 2. The van der Waals surface area contributed by atoms with Crippen LogP contribution in [0.25, 0.3) is 0 Å². The maximum Gasteiger partial charge on any atom is 0.326 e. The number of carboxylic acid groups (broad SMARTS) is 2. The van der Waals surface area contributed by atoms with Crippen molar-refractivity contribution in [2.24, 2.45) is 17.4 Å². The van der Waals surface area contributed by atoms with Crippen LogP contribution in [0.4, 0.5) is 0 Å². The van der Waals surface area contributed by atoms with Crippen molar-refractivity contribution >= 4 is 35.6 Å². The fourth-order valence-electron chi connectivity index (χ4n) is 2.44. The van der Waals surface area contributed by atoms with Crippen molar-refractivity contribution in [1.29, 1.82) is 0 Å². The van der Waals surface area contributed by atoms with Gasteiger partial charge in [0.05, 0.1) is 12.6 Å². The molecular formula is C18H31N5O8. The van der Waals surface area contributed by atoms with Crippen molar-refractivity contribution in [2.45, 2.75) is 64.1 Å². The Morgan fingerprint density at radius 3 is 2.03 bits per heavy atom. The summed E-state index contributed by atoms with van der Waals surface area (Å²) in [6.07, 6.45) is -0.356. The number of amides is 4. The maximum absolute atomic E-state index is 12.5. The first-order chi connectivity index (χ1) is 14.4. The van der Waals surface area contributed by atoms with Crippen molar-refractivity contribution in [3.8, 4) is 0 Å². The molecule has 0 radical (unpaired) electrons. The van der Waals surface area contributed by atoms with Gasteiger partial charge in [-0.3, -0.25) is 24.0 Å². The molecule has 0 bridgehead atoms. The third-order valence-corrected chi connectivity index (χ3v) is 4.54. The highest BCUT2D eigenvalue weighted by atomic mass is 16.4. The lowest BCUT2D eigenvalue weighted by Crippen LogP contribution is -2.55. The highest BCUT2D eigenvalue weighted by Crippen LogP contribution is 2.09. The summed E-state index contributed by atoms with van der Waals surface area (Å²) in [6, 6.07) is -3.50. The molecule has 0 aromatic carbocycles. The molecule has 176 valence electrons. The molecule has 0 rings (SSSR count). The lowest BCUT2D eigenvalue weighted by Gasteiger charge is -2.25. The Hall–Kier alpha value is -3.22. The van der Waals surface area contributed by atoms with Gasteiger partial charge in [-0.1, -0.05) is 20.3 Å². The van der Waals surface area contributed by atoms with Gasteiger partial charge < -0.3 is 37.6 Å². The molecule has 4 amide bonds. The second kappa shape index (κ2) is 13.9. The largest absolute Gasteiger partial charge is 0.481 e. The lowest BCUT2D eigenvalue weighted by atomic mass is 9.97. The third kappa shape index (κ3) is 11.5. The summed E-state index contributed by atoms with van der Waals surface area (Å²) >= 11 is 0. The van der Waals surface area contributed by atoms with Gasteiger partial charge in [-0.15, -0.1) is 0 Å². The molecule has 0 saturated heterocycles. The van der Waals surface area contributed by atoms with E-state index in [1.54, 1.807) is 13.8 Å². The third-order valence-electron chi connectivity index (χ3n) is 4.54. The van der Waals surface area contributed by atoms with E-state index in [4.69, 9.17) is 21.7 Å². The first-order valence-corrected chi connectivity index (χ1v) is 9.74. The van der Waals surface area contributed by atoms with Crippen LogP contribution < -0.4 is 27.4 Å². The van der Waals surface area contributed by atoms with Crippen LogP contribution >= 0.6 is 0 Å². The molecule has 0 saturated carbocycles. The van der Waals surface area contributed by atoms with Crippen LogP contribution in [0.5, 0.6) is 0 Å². The minimum absolute atomic E-state index is 0.00529. The highest BCUT2D eigenvalue weighted by Gasteiger charge is 2.28.